The fraction of sp³-hybridized carbons (Fsp3) is 0.939. The Morgan fingerprint density at radius 2 is 0.565 bits per heavy atom. The summed E-state index contributed by atoms with van der Waals surface area (Å²) in [6.07, 6.45) is 36.3. The van der Waals surface area contributed by atoms with E-state index in [0.29, 0.717) is 31.6 Å². The van der Waals surface area contributed by atoms with Crippen molar-refractivity contribution in [3.8, 4) is 0 Å². The summed E-state index contributed by atoms with van der Waals surface area (Å²) in [6, 6.07) is 0. The van der Waals surface area contributed by atoms with Gasteiger partial charge in [-0.25, -0.2) is 9.13 Å². The molecule has 0 spiro atoms. The quantitative estimate of drug-likeness (QED) is 0.0222. The second-order valence-corrected chi connectivity index (χ2v) is 28.4. The molecule has 0 rings (SSSR count). The number of aliphatic hydroxyl groups is 1. The molecule has 6 atom stereocenters. The number of rotatable bonds is 63. The number of aliphatic hydroxyl groups excluding tert-OH is 1. The third-order valence-electron chi connectivity index (χ3n) is 15.4. The molecular weight excluding hydrogens is 1130 g/mol. The molecule has 0 aromatic rings. The van der Waals surface area contributed by atoms with Crippen molar-refractivity contribution in [1.82, 2.24) is 0 Å². The second-order valence-electron chi connectivity index (χ2n) is 25.5. The summed E-state index contributed by atoms with van der Waals surface area (Å²) in [6.45, 7) is 14.0. The van der Waals surface area contributed by atoms with Crippen LogP contribution in [0.5, 0.6) is 0 Å². The first-order valence-corrected chi connectivity index (χ1v) is 37.2. The number of phosphoric acid groups is 2. The number of phosphoric ester groups is 2. The second kappa shape index (κ2) is 56.1. The van der Waals surface area contributed by atoms with E-state index < -0.39 is 97.5 Å². The van der Waals surface area contributed by atoms with Crippen LogP contribution in [0.4, 0.5) is 0 Å². The highest BCUT2D eigenvalue weighted by atomic mass is 31.2. The number of carbonyl (C=O) groups excluding carboxylic acids is 4. The van der Waals surface area contributed by atoms with Crippen molar-refractivity contribution >= 4 is 39.5 Å². The summed E-state index contributed by atoms with van der Waals surface area (Å²) < 4.78 is 68.1. The third-order valence-corrected chi connectivity index (χ3v) is 17.3. The normalized spacial score (nSPS) is 14.7. The summed E-state index contributed by atoms with van der Waals surface area (Å²) in [5, 5.41) is 10.5. The van der Waals surface area contributed by atoms with Crippen LogP contribution in [0.15, 0.2) is 0 Å². The van der Waals surface area contributed by atoms with Crippen LogP contribution in [-0.2, 0) is 65.4 Å². The highest BCUT2D eigenvalue weighted by Crippen LogP contribution is 2.45. The number of hydrogen-bond donors (Lipinski definition) is 3. The van der Waals surface area contributed by atoms with Crippen LogP contribution in [0.25, 0.3) is 0 Å². The average molecular weight is 1260 g/mol. The Morgan fingerprint density at radius 3 is 0.835 bits per heavy atom. The zero-order chi connectivity index (χ0) is 63.2. The van der Waals surface area contributed by atoms with Gasteiger partial charge in [-0.15, -0.1) is 0 Å². The molecule has 17 nitrogen and oxygen atoms in total. The largest absolute Gasteiger partial charge is 0.472 e. The van der Waals surface area contributed by atoms with E-state index in [1.807, 2.05) is 0 Å². The van der Waals surface area contributed by atoms with Crippen molar-refractivity contribution in [1.29, 1.82) is 0 Å². The zero-order valence-corrected chi connectivity index (χ0v) is 57.0. The Labute approximate surface area is 517 Å². The maximum absolute atomic E-state index is 13.0. The average Bonchev–Trinajstić information content (AvgIpc) is 3.53. The highest BCUT2D eigenvalue weighted by molar-refractivity contribution is 7.47. The van der Waals surface area contributed by atoms with Crippen molar-refractivity contribution in [2.24, 2.45) is 23.7 Å². The molecule has 0 heterocycles. The molecule has 0 aliphatic carbocycles. The van der Waals surface area contributed by atoms with E-state index in [1.54, 1.807) is 0 Å². The van der Waals surface area contributed by atoms with E-state index in [1.165, 1.54) is 122 Å². The summed E-state index contributed by atoms with van der Waals surface area (Å²) in [7, 11) is -9.89. The number of hydrogen-bond acceptors (Lipinski definition) is 15. The van der Waals surface area contributed by atoms with Gasteiger partial charge in [0.05, 0.1) is 26.4 Å². The molecule has 0 aliphatic heterocycles. The lowest BCUT2D eigenvalue weighted by Gasteiger charge is -2.21. The molecule has 4 unspecified atom stereocenters. The predicted molar refractivity (Wildman–Crippen MR) is 340 cm³/mol. The van der Waals surface area contributed by atoms with Gasteiger partial charge in [-0.3, -0.25) is 37.3 Å². The first kappa shape index (κ1) is 83.1. The molecule has 0 saturated heterocycles. The monoisotopic (exact) mass is 1250 g/mol. The Bertz CT molecular complexity index is 1700. The first-order valence-electron chi connectivity index (χ1n) is 34.2. The lowest BCUT2D eigenvalue weighted by molar-refractivity contribution is -0.161. The van der Waals surface area contributed by atoms with Gasteiger partial charge in [0, 0.05) is 25.7 Å². The molecule has 3 N–H and O–H groups in total. The van der Waals surface area contributed by atoms with Crippen molar-refractivity contribution < 1.29 is 80.2 Å². The Hall–Kier alpha value is -1.94. The van der Waals surface area contributed by atoms with Crippen molar-refractivity contribution in [3.05, 3.63) is 0 Å². The summed E-state index contributed by atoms with van der Waals surface area (Å²) in [4.78, 5) is 72.3. The third kappa shape index (κ3) is 59.5. The fourth-order valence-electron chi connectivity index (χ4n) is 9.75. The van der Waals surface area contributed by atoms with Crippen molar-refractivity contribution in [3.63, 3.8) is 0 Å². The fourth-order valence-corrected chi connectivity index (χ4v) is 11.3. The molecule has 0 bridgehead atoms. The number of esters is 4. The molecular formula is C66H128O17P2. The Kier molecular flexibility index (Phi) is 54.8. The van der Waals surface area contributed by atoms with E-state index in [0.717, 1.165) is 108 Å². The number of carbonyl (C=O) groups is 4. The maximum atomic E-state index is 13.0. The molecule has 85 heavy (non-hydrogen) atoms. The van der Waals surface area contributed by atoms with Gasteiger partial charge in [0.2, 0.25) is 0 Å². The minimum absolute atomic E-state index is 0.101. The van der Waals surface area contributed by atoms with Gasteiger partial charge < -0.3 is 33.8 Å². The maximum Gasteiger partial charge on any atom is 0.472 e. The van der Waals surface area contributed by atoms with Crippen LogP contribution in [0, 0.1) is 23.7 Å². The van der Waals surface area contributed by atoms with Crippen LogP contribution >= 0.6 is 15.6 Å². The summed E-state index contributed by atoms with van der Waals surface area (Å²) in [5.41, 5.74) is 0. The SMILES string of the molecule is CCC(C)CCCCCCCCCCC(=O)OC[C@H](COP(=O)(O)OCC(O)COP(=O)(O)OC[C@@H](COC(=O)CCCCCCCCCCC(C)C)OC(=O)CCCCCCCCCCCCC(C)C)OC(=O)CCCCCCCCC(C)C. The Balaban J connectivity index is 5.25. The molecule has 0 amide bonds. The van der Waals surface area contributed by atoms with Gasteiger partial charge in [0.15, 0.2) is 12.2 Å². The van der Waals surface area contributed by atoms with Gasteiger partial charge in [0.25, 0.3) is 0 Å². The standard InChI is InChI=1S/C66H128O17P2/c1-9-59(8)45-37-29-20-15-17-22-31-39-47-64(69)77-53-62(83-66(71)49-41-33-25-24-28-36-44-58(6)7)55-81-85(74,75)79-51-60(67)50-78-84(72,73)80-54-61(52-76-63(68)46-38-30-21-16-14-19-27-35-43-57(4)5)82-65(70)48-40-32-23-13-11-10-12-18-26-34-42-56(2)3/h56-62,67H,9-55H2,1-8H3,(H,72,73)(H,74,75)/t59?,60?,61-,62-/m1/s1. The highest BCUT2D eigenvalue weighted by Gasteiger charge is 2.30. The smallest absolute Gasteiger partial charge is 0.462 e. The van der Waals surface area contributed by atoms with Gasteiger partial charge in [-0.1, -0.05) is 267 Å². The lowest BCUT2D eigenvalue weighted by Crippen LogP contribution is -2.30. The van der Waals surface area contributed by atoms with E-state index in [4.69, 9.17) is 37.0 Å². The predicted octanol–water partition coefficient (Wildman–Crippen LogP) is 18.1. The van der Waals surface area contributed by atoms with Crippen LogP contribution in [-0.4, -0.2) is 96.7 Å². The summed E-state index contributed by atoms with van der Waals surface area (Å²) >= 11 is 0. The van der Waals surface area contributed by atoms with Crippen LogP contribution in [0.2, 0.25) is 0 Å². The van der Waals surface area contributed by atoms with E-state index >= 15 is 0 Å². The molecule has 504 valence electrons. The molecule has 0 aliphatic rings. The molecule has 0 fully saturated rings. The van der Waals surface area contributed by atoms with Crippen LogP contribution < -0.4 is 0 Å². The number of unbranched alkanes of at least 4 members (excludes halogenated alkanes) is 28. The first-order chi connectivity index (χ1) is 40.6. The summed E-state index contributed by atoms with van der Waals surface area (Å²) in [5.74, 6) is 0.785. The van der Waals surface area contributed by atoms with Crippen molar-refractivity contribution in [2.45, 2.75) is 337 Å². The van der Waals surface area contributed by atoms with Crippen LogP contribution in [0.3, 0.4) is 0 Å². The van der Waals surface area contributed by atoms with E-state index in [-0.39, 0.29) is 25.7 Å². The van der Waals surface area contributed by atoms with E-state index in [2.05, 4.69) is 55.4 Å². The molecule has 0 aromatic carbocycles. The minimum Gasteiger partial charge on any atom is -0.462 e. The zero-order valence-electron chi connectivity index (χ0n) is 55.2. The Morgan fingerprint density at radius 1 is 0.329 bits per heavy atom. The molecule has 0 radical (unpaired) electrons. The van der Waals surface area contributed by atoms with Crippen LogP contribution in [0.1, 0.15) is 319 Å². The van der Waals surface area contributed by atoms with E-state index in [9.17, 15) is 43.2 Å². The minimum atomic E-state index is -4.95. The van der Waals surface area contributed by atoms with Gasteiger partial charge in [0.1, 0.15) is 19.3 Å². The number of ether oxygens (including phenoxy) is 4. The topological polar surface area (TPSA) is 237 Å². The van der Waals surface area contributed by atoms with Crippen molar-refractivity contribution in [2.75, 3.05) is 39.6 Å². The van der Waals surface area contributed by atoms with Gasteiger partial charge in [-0.05, 0) is 49.4 Å². The van der Waals surface area contributed by atoms with Gasteiger partial charge >= 0.3 is 39.5 Å². The molecule has 0 aromatic heterocycles. The lowest BCUT2D eigenvalue weighted by atomic mass is 9.99. The van der Waals surface area contributed by atoms with Gasteiger partial charge in [-0.2, -0.15) is 0 Å². The molecule has 0 saturated carbocycles. The molecule has 19 heteroatoms.